The molecule has 1 saturated heterocycles. The summed E-state index contributed by atoms with van der Waals surface area (Å²) in [6, 6.07) is 9.55. The molecule has 0 radical (unpaired) electrons. The predicted molar refractivity (Wildman–Crippen MR) is 99.9 cm³/mol. The molecule has 3 unspecified atom stereocenters. The molecule has 1 aromatic heterocycles. The first-order valence-electron chi connectivity index (χ1n) is 9.10. The molecule has 1 aliphatic carbocycles. The van der Waals surface area contributed by atoms with Gasteiger partial charge in [0, 0.05) is 31.9 Å². The summed E-state index contributed by atoms with van der Waals surface area (Å²) in [4.78, 5) is 18.1. The Hall–Kier alpha value is -2.22. The number of piperidine rings is 1. The van der Waals surface area contributed by atoms with Crippen LogP contribution in [0.1, 0.15) is 5.56 Å². The van der Waals surface area contributed by atoms with Crippen LogP contribution in [0.4, 0.5) is 5.82 Å². The Labute approximate surface area is 152 Å². The topological polar surface area (TPSA) is 110 Å². The third-order valence-electron chi connectivity index (χ3n) is 5.80. The quantitative estimate of drug-likeness (QED) is 0.665. The van der Waals surface area contributed by atoms with Crippen LogP contribution >= 0.6 is 0 Å². The summed E-state index contributed by atoms with van der Waals surface area (Å²) in [5, 5.41) is 9.18. The van der Waals surface area contributed by atoms with Gasteiger partial charge in [-0.1, -0.05) is 12.1 Å². The van der Waals surface area contributed by atoms with Crippen LogP contribution in [0.5, 0.6) is 0 Å². The van der Waals surface area contributed by atoms with Crippen molar-refractivity contribution in [2.24, 2.45) is 23.5 Å². The van der Waals surface area contributed by atoms with Gasteiger partial charge in [-0.25, -0.2) is 4.79 Å². The Balaban J connectivity index is 1.31. The average molecular weight is 355 g/mol. The SMILES string of the molecule is Nc1ccn(-c2ccc(CCN3CC4C(C3)C4C(N)CO)cc2)c(=O)n1. The number of nitrogens with zero attached hydrogens (tertiary/aromatic N) is 3. The Kier molecular flexibility index (Phi) is 4.52. The number of aromatic nitrogens is 2. The molecule has 1 aliphatic heterocycles. The van der Waals surface area contributed by atoms with Crippen molar-refractivity contribution in [2.75, 3.05) is 32.0 Å². The largest absolute Gasteiger partial charge is 0.395 e. The van der Waals surface area contributed by atoms with Crippen molar-refractivity contribution in [3.05, 3.63) is 52.6 Å². The van der Waals surface area contributed by atoms with E-state index in [1.807, 2.05) is 12.1 Å². The second kappa shape index (κ2) is 6.83. The lowest BCUT2D eigenvalue weighted by Gasteiger charge is -2.21. The Morgan fingerprint density at radius 1 is 1.19 bits per heavy atom. The number of aliphatic hydroxyl groups is 1. The summed E-state index contributed by atoms with van der Waals surface area (Å²) in [5.74, 6) is 2.09. The number of nitrogen functional groups attached to an aromatic ring is 1. The fraction of sp³-hybridized carbons (Fsp3) is 0.474. The molecule has 4 rings (SSSR count). The van der Waals surface area contributed by atoms with Gasteiger partial charge in [-0.2, -0.15) is 4.98 Å². The van der Waals surface area contributed by atoms with Gasteiger partial charge in [0.1, 0.15) is 5.82 Å². The van der Waals surface area contributed by atoms with Crippen LogP contribution in [0, 0.1) is 17.8 Å². The van der Waals surface area contributed by atoms with Gasteiger partial charge in [0.2, 0.25) is 0 Å². The highest BCUT2D eigenvalue weighted by molar-refractivity contribution is 5.36. The van der Waals surface area contributed by atoms with Gasteiger partial charge in [-0.05, 0) is 47.9 Å². The normalized spacial score (nSPS) is 25.8. The molecule has 2 fully saturated rings. The summed E-state index contributed by atoms with van der Waals surface area (Å²) in [6.07, 6.45) is 2.62. The van der Waals surface area contributed by atoms with Crippen LogP contribution in [-0.4, -0.2) is 51.8 Å². The van der Waals surface area contributed by atoms with Crippen molar-refractivity contribution in [3.8, 4) is 5.69 Å². The number of rotatable bonds is 6. The van der Waals surface area contributed by atoms with Crippen LogP contribution in [0.2, 0.25) is 0 Å². The van der Waals surface area contributed by atoms with E-state index in [4.69, 9.17) is 11.5 Å². The van der Waals surface area contributed by atoms with Gasteiger partial charge in [0.05, 0.1) is 12.3 Å². The summed E-state index contributed by atoms with van der Waals surface area (Å²) in [7, 11) is 0. The van der Waals surface area contributed by atoms with Crippen molar-refractivity contribution in [1.29, 1.82) is 0 Å². The van der Waals surface area contributed by atoms with Crippen molar-refractivity contribution in [1.82, 2.24) is 14.5 Å². The monoisotopic (exact) mass is 355 g/mol. The maximum absolute atomic E-state index is 11.9. The van der Waals surface area contributed by atoms with E-state index >= 15 is 0 Å². The second-order valence-electron chi connectivity index (χ2n) is 7.43. The van der Waals surface area contributed by atoms with E-state index in [0.717, 1.165) is 31.7 Å². The average Bonchev–Trinajstić information content (AvgIpc) is 3.14. The zero-order valence-corrected chi connectivity index (χ0v) is 14.7. The van der Waals surface area contributed by atoms with Crippen molar-refractivity contribution >= 4 is 5.82 Å². The fourth-order valence-electron chi connectivity index (χ4n) is 4.32. The van der Waals surface area contributed by atoms with Crippen LogP contribution in [0.25, 0.3) is 5.69 Å². The van der Waals surface area contributed by atoms with E-state index in [2.05, 4.69) is 22.0 Å². The zero-order chi connectivity index (χ0) is 18.3. The molecular formula is C19H25N5O2. The molecular weight excluding hydrogens is 330 g/mol. The van der Waals surface area contributed by atoms with E-state index in [9.17, 15) is 9.90 Å². The van der Waals surface area contributed by atoms with Crippen LogP contribution < -0.4 is 17.2 Å². The number of aliphatic hydroxyl groups excluding tert-OH is 1. The van der Waals surface area contributed by atoms with Gasteiger partial charge in [-0.3, -0.25) is 4.57 Å². The van der Waals surface area contributed by atoms with E-state index in [1.165, 1.54) is 10.1 Å². The smallest absolute Gasteiger partial charge is 0.354 e. The molecule has 2 heterocycles. The first-order valence-corrected chi connectivity index (χ1v) is 9.10. The summed E-state index contributed by atoms with van der Waals surface area (Å²) in [5.41, 5.74) is 13.1. The molecule has 1 saturated carbocycles. The van der Waals surface area contributed by atoms with Crippen LogP contribution in [-0.2, 0) is 6.42 Å². The van der Waals surface area contributed by atoms with E-state index < -0.39 is 0 Å². The molecule has 2 aromatic rings. The van der Waals surface area contributed by atoms with Crippen LogP contribution in [0.3, 0.4) is 0 Å². The van der Waals surface area contributed by atoms with Gasteiger partial charge >= 0.3 is 5.69 Å². The standard InChI is InChI=1S/C19H25N5O2/c20-16(11-25)18-14-9-23(10-15(14)18)7-5-12-1-3-13(4-2-12)24-8-6-17(21)22-19(24)26/h1-4,6,8,14-16,18,25H,5,7,9-11,20H2,(H2,21,22,26). The van der Waals surface area contributed by atoms with Gasteiger partial charge in [0.25, 0.3) is 0 Å². The van der Waals surface area contributed by atoms with Crippen molar-refractivity contribution < 1.29 is 5.11 Å². The van der Waals surface area contributed by atoms with Gasteiger partial charge in [-0.15, -0.1) is 0 Å². The molecule has 5 N–H and O–H groups in total. The van der Waals surface area contributed by atoms with Crippen LogP contribution in [0.15, 0.2) is 41.3 Å². The van der Waals surface area contributed by atoms with Gasteiger partial charge in [0.15, 0.2) is 0 Å². The minimum atomic E-state index is -0.371. The second-order valence-corrected chi connectivity index (χ2v) is 7.43. The lowest BCUT2D eigenvalue weighted by Crippen LogP contribution is -2.34. The van der Waals surface area contributed by atoms with E-state index in [-0.39, 0.29) is 24.2 Å². The minimum Gasteiger partial charge on any atom is -0.395 e. The number of hydrogen-bond acceptors (Lipinski definition) is 6. The zero-order valence-electron chi connectivity index (χ0n) is 14.7. The van der Waals surface area contributed by atoms with E-state index in [0.29, 0.717) is 17.8 Å². The molecule has 0 bridgehead atoms. The third-order valence-corrected chi connectivity index (χ3v) is 5.80. The Bertz CT molecular complexity index is 823. The van der Waals surface area contributed by atoms with E-state index in [1.54, 1.807) is 12.3 Å². The lowest BCUT2D eigenvalue weighted by atomic mass is 10.1. The van der Waals surface area contributed by atoms with Crippen molar-refractivity contribution in [2.45, 2.75) is 12.5 Å². The number of fused-ring (bicyclic) bond motifs is 1. The first-order chi connectivity index (χ1) is 12.6. The molecule has 0 amide bonds. The molecule has 7 heteroatoms. The molecule has 7 nitrogen and oxygen atoms in total. The number of likely N-dealkylation sites (tertiary alicyclic amines) is 1. The molecule has 2 aliphatic rings. The highest BCUT2D eigenvalue weighted by Gasteiger charge is 2.57. The summed E-state index contributed by atoms with van der Waals surface area (Å²) >= 11 is 0. The molecule has 26 heavy (non-hydrogen) atoms. The molecule has 1 aromatic carbocycles. The lowest BCUT2D eigenvalue weighted by molar-refractivity contribution is 0.222. The van der Waals surface area contributed by atoms with Crippen molar-refractivity contribution in [3.63, 3.8) is 0 Å². The highest BCUT2D eigenvalue weighted by Crippen LogP contribution is 2.52. The number of nitrogens with two attached hydrogens (primary N) is 2. The summed E-state index contributed by atoms with van der Waals surface area (Å²) < 4.78 is 1.48. The summed E-state index contributed by atoms with van der Waals surface area (Å²) in [6.45, 7) is 3.30. The minimum absolute atomic E-state index is 0.0501. The number of hydrogen-bond donors (Lipinski definition) is 3. The molecule has 138 valence electrons. The number of anilines is 1. The third kappa shape index (κ3) is 3.25. The molecule has 0 spiro atoms. The Morgan fingerprint density at radius 2 is 1.88 bits per heavy atom. The fourth-order valence-corrected chi connectivity index (χ4v) is 4.32. The maximum atomic E-state index is 11.9. The van der Waals surface area contributed by atoms with Gasteiger partial charge < -0.3 is 21.5 Å². The highest BCUT2D eigenvalue weighted by atomic mass is 16.3. The Morgan fingerprint density at radius 3 is 2.50 bits per heavy atom. The predicted octanol–water partition coefficient (Wildman–Crippen LogP) is -0.145. The maximum Gasteiger partial charge on any atom is 0.354 e. The first kappa shape index (κ1) is 17.2. The number of benzene rings is 1. The molecule has 3 atom stereocenters.